The molecule has 0 saturated carbocycles. The third-order valence-electron chi connectivity index (χ3n) is 5.61. The largest absolute Gasteiger partial charge is 0.385 e. The molecule has 15 heteroatoms. The SMILES string of the molecule is Cc1n(CC(O)Cn2c(C)[n+](C)c3ccccc32)c2ccccc2[n+]1C.[O-][Cl+3]([O-])([O-])[O-].[O-][Cl+3]([O-])([O-])[O-]. The number of halogens is 2. The van der Waals surface area contributed by atoms with Crippen molar-refractivity contribution < 1.29 is 72.0 Å². The van der Waals surface area contributed by atoms with Crippen LogP contribution in [0, 0.1) is 34.3 Å². The predicted octanol–water partition coefficient (Wildman–Crippen LogP) is -7.59. The van der Waals surface area contributed by atoms with Gasteiger partial charge in [0.05, 0.1) is 14.1 Å². The lowest BCUT2D eigenvalue weighted by molar-refractivity contribution is -2.00. The van der Waals surface area contributed by atoms with Crippen LogP contribution in [0.4, 0.5) is 0 Å². The third kappa shape index (κ3) is 8.33. The van der Waals surface area contributed by atoms with E-state index in [2.05, 4.69) is 82.6 Å². The van der Waals surface area contributed by atoms with Crippen LogP contribution in [0.2, 0.25) is 0 Å². The minimum atomic E-state index is -4.94. The number of imidazole rings is 2. The molecule has 0 radical (unpaired) electrons. The Hall–Kier alpha value is -2.40. The van der Waals surface area contributed by atoms with Crippen LogP contribution < -0.4 is 46.4 Å². The first-order valence-electron chi connectivity index (χ1n) is 10.3. The fourth-order valence-electron chi connectivity index (χ4n) is 3.95. The van der Waals surface area contributed by atoms with Crippen molar-refractivity contribution >= 4 is 22.1 Å². The molecule has 0 spiro atoms. The summed E-state index contributed by atoms with van der Waals surface area (Å²) in [4.78, 5) is 0. The van der Waals surface area contributed by atoms with Crippen LogP contribution in [0.5, 0.6) is 0 Å². The van der Waals surface area contributed by atoms with Gasteiger partial charge in [0.1, 0.15) is 19.2 Å². The molecule has 0 amide bonds. The van der Waals surface area contributed by atoms with Crippen LogP contribution in [0.3, 0.4) is 0 Å². The Bertz CT molecular complexity index is 1200. The molecule has 0 aliphatic heterocycles. The molecule has 4 aromatic rings. The number of rotatable bonds is 4. The molecule has 198 valence electrons. The van der Waals surface area contributed by atoms with Gasteiger partial charge in [-0.2, -0.15) is 0 Å². The molecule has 0 aliphatic rings. The van der Waals surface area contributed by atoms with Gasteiger partial charge in [-0.1, -0.05) is 24.3 Å². The summed E-state index contributed by atoms with van der Waals surface area (Å²) in [5.41, 5.74) is 4.69. The molecule has 4 rings (SSSR count). The van der Waals surface area contributed by atoms with E-state index in [-0.39, 0.29) is 0 Å². The lowest BCUT2D eigenvalue weighted by atomic mass is 10.2. The molecule has 36 heavy (non-hydrogen) atoms. The fourth-order valence-corrected chi connectivity index (χ4v) is 3.95. The molecule has 0 bridgehead atoms. The van der Waals surface area contributed by atoms with Crippen LogP contribution in [0.1, 0.15) is 11.6 Å². The van der Waals surface area contributed by atoms with Gasteiger partial charge in [-0.05, 0) is 24.3 Å². The Morgan fingerprint density at radius 2 is 0.944 bits per heavy atom. The highest BCUT2D eigenvalue weighted by atomic mass is 35.7. The van der Waals surface area contributed by atoms with Crippen LogP contribution in [-0.4, -0.2) is 20.3 Å². The van der Waals surface area contributed by atoms with Gasteiger partial charge in [0, 0.05) is 13.8 Å². The smallest absolute Gasteiger partial charge is 0.254 e. The number of para-hydroxylation sites is 4. The maximum Gasteiger partial charge on any atom is 0.254 e. The molecule has 1 N–H and O–H groups in total. The van der Waals surface area contributed by atoms with E-state index in [9.17, 15) is 5.11 Å². The zero-order valence-corrected chi connectivity index (χ0v) is 21.4. The van der Waals surface area contributed by atoms with E-state index in [4.69, 9.17) is 37.3 Å². The highest BCUT2D eigenvalue weighted by Gasteiger charge is 2.25. The zero-order chi connectivity index (χ0) is 27.4. The van der Waals surface area contributed by atoms with Crippen molar-refractivity contribution in [2.75, 3.05) is 0 Å². The molecule has 13 nitrogen and oxygen atoms in total. The lowest BCUT2D eigenvalue weighted by Gasteiger charge is -2.17. The minimum absolute atomic E-state index is 0.473. The Labute approximate surface area is 210 Å². The van der Waals surface area contributed by atoms with E-state index in [1.165, 1.54) is 11.0 Å². The van der Waals surface area contributed by atoms with Crippen LogP contribution in [0.25, 0.3) is 22.1 Å². The molecule has 0 aliphatic carbocycles. The second-order valence-corrected chi connectivity index (χ2v) is 9.33. The van der Waals surface area contributed by atoms with E-state index in [1.54, 1.807) is 0 Å². The van der Waals surface area contributed by atoms with Crippen molar-refractivity contribution in [1.82, 2.24) is 9.13 Å². The molecule has 2 aromatic carbocycles. The first-order valence-corrected chi connectivity index (χ1v) is 12.7. The normalized spacial score (nSPS) is 11.9. The van der Waals surface area contributed by atoms with Crippen molar-refractivity contribution in [3.63, 3.8) is 0 Å². The molecule has 0 fully saturated rings. The van der Waals surface area contributed by atoms with Crippen molar-refractivity contribution in [1.29, 1.82) is 0 Å². The highest BCUT2D eigenvalue weighted by molar-refractivity contribution is 5.73. The van der Waals surface area contributed by atoms with E-state index >= 15 is 0 Å². The summed E-state index contributed by atoms with van der Waals surface area (Å²) >= 11 is 0. The number of aliphatic hydroxyl groups is 1. The van der Waals surface area contributed by atoms with Gasteiger partial charge in [0.15, 0.2) is 22.1 Å². The Balaban J connectivity index is 0.000000389. The average molecular weight is 549 g/mol. The van der Waals surface area contributed by atoms with E-state index < -0.39 is 26.6 Å². The number of fused-ring (bicyclic) bond motifs is 2. The number of aliphatic hydroxyl groups excluding tert-OH is 1. The van der Waals surface area contributed by atoms with Gasteiger partial charge in [-0.3, -0.25) is 0 Å². The second kappa shape index (κ2) is 11.8. The standard InChI is InChI=1S/C21H26N4O.2ClHO4/c1-15-22(3)18-9-5-7-11-20(18)24(15)13-17(26)14-25-16(2)23(4)19-10-6-8-12-21(19)25;2*2-1(3,4)5/h5-12,17,26H,13-14H2,1-4H3;2*(H,2,3,4,5)/q+2;;/p-2. The maximum absolute atomic E-state index is 10.9. The quantitative estimate of drug-likeness (QED) is 0.238. The van der Waals surface area contributed by atoms with Crippen molar-refractivity contribution in [2.24, 2.45) is 14.1 Å². The van der Waals surface area contributed by atoms with Crippen molar-refractivity contribution in [3.8, 4) is 0 Å². The number of aromatic nitrogens is 4. The molecular weight excluding hydrogens is 523 g/mol. The first kappa shape index (κ1) is 29.8. The molecule has 2 aromatic heterocycles. The number of benzene rings is 2. The van der Waals surface area contributed by atoms with Gasteiger partial charge in [0.2, 0.25) is 0 Å². The Morgan fingerprint density at radius 3 is 1.25 bits per heavy atom. The van der Waals surface area contributed by atoms with E-state index in [1.807, 2.05) is 12.1 Å². The lowest BCUT2D eigenvalue weighted by Crippen LogP contribution is -2.68. The summed E-state index contributed by atoms with van der Waals surface area (Å²) in [6, 6.07) is 16.7. The average Bonchev–Trinajstić information content (AvgIpc) is 3.13. The Kier molecular flexibility index (Phi) is 9.75. The van der Waals surface area contributed by atoms with Gasteiger partial charge < -0.3 is 5.11 Å². The summed E-state index contributed by atoms with van der Waals surface area (Å²) in [5, 5.41) is 10.9. The highest BCUT2D eigenvalue weighted by Crippen LogP contribution is 2.17. The molecule has 0 unspecified atom stereocenters. The van der Waals surface area contributed by atoms with E-state index in [0.717, 1.165) is 22.7 Å². The summed E-state index contributed by atoms with van der Waals surface area (Å²) in [5.74, 6) is 2.29. The van der Waals surface area contributed by atoms with Gasteiger partial charge in [0.25, 0.3) is 11.6 Å². The second-order valence-electron chi connectivity index (χ2n) is 7.82. The monoisotopic (exact) mass is 548 g/mol. The van der Waals surface area contributed by atoms with Gasteiger partial charge in [-0.25, -0.2) is 55.5 Å². The van der Waals surface area contributed by atoms with Crippen molar-refractivity contribution in [3.05, 3.63) is 60.2 Å². The zero-order valence-electron chi connectivity index (χ0n) is 19.9. The fraction of sp³-hybridized carbons (Fsp3) is 0.333. The topological polar surface area (TPSA) is 222 Å². The van der Waals surface area contributed by atoms with Crippen LogP contribution in [0.15, 0.2) is 48.5 Å². The van der Waals surface area contributed by atoms with Crippen molar-refractivity contribution in [2.45, 2.75) is 33.0 Å². The maximum atomic E-state index is 10.9. The number of hydrogen-bond acceptors (Lipinski definition) is 9. The minimum Gasteiger partial charge on any atom is -0.385 e. The van der Waals surface area contributed by atoms with E-state index in [0.29, 0.717) is 13.1 Å². The molecule has 0 atom stereocenters. The number of aryl methyl sites for hydroxylation is 2. The van der Waals surface area contributed by atoms with Crippen LogP contribution >= 0.6 is 0 Å². The predicted molar refractivity (Wildman–Crippen MR) is 102 cm³/mol. The number of nitrogens with zero attached hydrogens (tertiary/aromatic N) is 4. The summed E-state index contributed by atoms with van der Waals surface area (Å²) in [6.45, 7) is 5.34. The van der Waals surface area contributed by atoms with Crippen LogP contribution in [-0.2, 0) is 27.2 Å². The molecule has 2 heterocycles. The number of hydrogen-bond donors (Lipinski definition) is 1. The summed E-state index contributed by atoms with van der Waals surface area (Å²) < 4.78 is 76.7. The van der Waals surface area contributed by atoms with Gasteiger partial charge in [-0.15, -0.1) is 20.5 Å². The third-order valence-corrected chi connectivity index (χ3v) is 5.61. The summed E-state index contributed by atoms with van der Waals surface area (Å²) in [6.07, 6.45) is -0.473. The molecular formula is C21H26Cl2N4O9. The van der Waals surface area contributed by atoms with Gasteiger partial charge >= 0.3 is 0 Å². The molecule has 0 saturated heterocycles. The first-order chi connectivity index (χ1) is 16.5. The Morgan fingerprint density at radius 1 is 0.667 bits per heavy atom. The summed E-state index contributed by atoms with van der Waals surface area (Å²) in [7, 11) is -5.74.